The topological polar surface area (TPSA) is 124 Å². The molecule has 4 N–H and O–H groups in total. The zero-order valence-electron chi connectivity index (χ0n) is 8.16. The molecule has 7 nitrogen and oxygen atoms in total. The standard InChI is InChI=1S/C3H8N2O2S.C3H7NO2S/c4-8(6,7)5-2-1-3-5;4-7(5,6)3-1-2-3/h1-3H2,(H2,4,6,7);3H,1-2H2,(H2,4,5,6). The van der Waals surface area contributed by atoms with Gasteiger partial charge in [0.25, 0.3) is 10.2 Å². The van der Waals surface area contributed by atoms with Crippen LogP contribution in [0.15, 0.2) is 0 Å². The molecule has 0 spiro atoms. The molecule has 1 heterocycles. The molecular weight excluding hydrogens is 242 g/mol. The van der Waals surface area contributed by atoms with Gasteiger partial charge in [-0.15, -0.1) is 0 Å². The predicted molar refractivity (Wildman–Crippen MR) is 55.4 cm³/mol. The molecule has 2 rings (SSSR count). The van der Waals surface area contributed by atoms with Crippen LogP contribution in [0.25, 0.3) is 0 Å². The summed E-state index contributed by atoms with van der Waals surface area (Å²) in [6.45, 7) is 1.19. The van der Waals surface area contributed by atoms with Crippen molar-refractivity contribution in [1.29, 1.82) is 0 Å². The van der Waals surface area contributed by atoms with Gasteiger partial charge >= 0.3 is 0 Å². The average molecular weight is 257 g/mol. The Bertz CT molecular complexity index is 408. The van der Waals surface area contributed by atoms with Gasteiger partial charge in [0.2, 0.25) is 10.0 Å². The molecule has 9 heteroatoms. The van der Waals surface area contributed by atoms with E-state index in [1.54, 1.807) is 0 Å². The van der Waals surface area contributed by atoms with Crippen LogP contribution < -0.4 is 10.3 Å². The van der Waals surface area contributed by atoms with Gasteiger partial charge in [0.15, 0.2) is 0 Å². The minimum Gasteiger partial charge on any atom is -0.228 e. The summed E-state index contributed by atoms with van der Waals surface area (Å²) in [6, 6.07) is 0. The molecule has 0 amide bonds. The smallest absolute Gasteiger partial charge is 0.228 e. The molecular formula is C6H15N3O4S2. The van der Waals surface area contributed by atoms with E-state index < -0.39 is 20.2 Å². The molecule has 0 bridgehead atoms. The second-order valence-corrected chi connectivity index (χ2v) is 6.98. The van der Waals surface area contributed by atoms with Crippen molar-refractivity contribution in [2.75, 3.05) is 13.1 Å². The van der Waals surface area contributed by atoms with Gasteiger partial charge in [0.05, 0.1) is 5.25 Å². The van der Waals surface area contributed by atoms with Gasteiger partial charge in [-0.3, -0.25) is 0 Å². The largest absolute Gasteiger partial charge is 0.276 e. The Morgan fingerprint density at radius 2 is 1.47 bits per heavy atom. The first-order chi connectivity index (χ1) is 6.71. The molecule has 0 radical (unpaired) electrons. The first kappa shape index (κ1) is 12.8. The minimum absolute atomic E-state index is 0.201. The van der Waals surface area contributed by atoms with Gasteiger partial charge in [-0.25, -0.2) is 18.7 Å². The highest BCUT2D eigenvalue weighted by molar-refractivity contribution is 7.90. The molecule has 2 aliphatic rings. The third-order valence-electron chi connectivity index (χ3n) is 2.16. The van der Waals surface area contributed by atoms with E-state index in [0.29, 0.717) is 13.1 Å². The summed E-state index contributed by atoms with van der Waals surface area (Å²) < 4.78 is 42.2. The lowest BCUT2D eigenvalue weighted by Gasteiger charge is -2.26. The SMILES string of the molecule is NS(=O)(=O)C1CC1.NS(=O)(=O)N1CCC1. The van der Waals surface area contributed by atoms with Crippen molar-refractivity contribution in [3.05, 3.63) is 0 Å². The van der Waals surface area contributed by atoms with Crippen molar-refractivity contribution >= 4 is 20.2 Å². The van der Waals surface area contributed by atoms with E-state index in [-0.39, 0.29) is 5.25 Å². The summed E-state index contributed by atoms with van der Waals surface area (Å²) in [5.41, 5.74) is 0. The summed E-state index contributed by atoms with van der Waals surface area (Å²) >= 11 is 0. The third kappa shape index (κ3) is 4.43. The van der Waals surface area contributed by atoms with E-state index in [9.17, 15) is 16.8 Å². The number of rotatable bonds is 2. The van der Waals surface area contributed by atoms with Gasteiger partial charge in [-0.1, -0.05) is 0 Å². The Hall–Kier alpha value is -0.220. The predicted octanol–water partition coefficient (Wildman–Crippen LogP) is -1.67. The lowest BCUT2D eigenvalue weighted by Crippen LogP contribution is -2.45. The molecule has 0 atom stereocenters. The molecule has 2 fully saturated rings. The van der Waals surface area contributed by atoms with E-state index in [2.05, 4.69) is 0 Å². The molecule has 1 saturated carbocycles. The number of nitrogens with zero attached hydrogens (tertiary/aromatic N) is 1. The summed E-state index contributed by atoms with van der Waals surface area (Å²) in [7, 11) is -6.46. The normalized spacial score (nSPS) is 22.5. The van der Waals surface area contributed by atoms with E-state index >= 15 is 0 Å². The Morgan fingerprint density at radius 3 is 1.47 bits per heavy atom. The van der Waals surface area contributed by atoms with Crippen LogP contribution in [0.1, 0.15) is 19.3 Å². The average Bonchev–Trinajstić information content (AvgIpc) is 2.53. The summed E-state index contributed by atoms with van der Waals surface area (Å²) in [6.07, 6.45) is 2.47. The summed E-state index contributed by atoms with van der Waals surface area (Å²) in [5, 5.41) is 9.25. The fourth-order valence-electron chi connectivity index (χ4n) is 0.938. The molecule has 90 valence electrons. The van der Waals surface area contributed by atoms with E-state index in [1.807, 2.05) is 0 Å². The van der Waals surface area contributed by atoms with Crippen LogP contribution in [0, 0.1) is 0 Å². The van der Waals surface area contributed by atoms with Gasteiger partial charge in [-0.05, 0) is 19.3 Å². The highest BCUT2D eigenvalue weighted by Crippen LogP contribution is 2.25. The van der Waals surface area contributed by atoms with Gasteiger partial charge in [0.1, 0.15) is 0 Å². The van der Waals surface area contributed by atoms with Crippen molar-refractivity contribution in [2.24, 2.45) is 10.3 Å². The second-order valence-electron chi connectivity index (χ2n) is 3.59. The van der Waals surface area contributed by atoms with E-state index in [4.69, 9.17) is 10.3 Å². The van der Waals surface area contributed by atoms with Crippen LogP contribution >= 0.6 is 0 Å². The highest BCUT2D eigenvalue weighted by atomic mass is 32.2. The Balaban J connectivity index is 0.000000151. The van der Waals surface area contributed by atoms with Crippen molar-refractivity contribution in [3.8, 4) is 0 Å². The number of hydrogen-bond acceptors (Lipinski definition) is 4. The van der Waals surface area contributed by atoms with Crippen LogP contribution in [0.2, 0.25) is 0 Å². The van der Waals surface area contributed by atoms with Crippen LogP contribution in [0.3, 0.4) is 0 Å². The Kier molecular flexibility index (Phi) is 3.71. The minimum atomic E-state index is -3.33. The van der Waals surface area contributed by atoms with Crippen molar-refractivity contribution in [3.63, 3.8) is 0 Å². The van der Waals surface area contributed by atoms with Crippen LogP contribution in [0.5, 0.6) is 0 Å². The van der Waals surface area contributed by atoms with Crippen LogP contribution in [0.4, 0.5) is 0 Å². The van der Waals surface area contributed by atoms with Gasteiger partial charge < -0.3 is 0 Å². The fourth-order valence-corrected chi connectivity index (χ4v) is 2.50. The molecule has 0 unspecified atom stereocenters. The molecule has 15 heavy (non-hydrogen) atoms. The second kappa shape index (κ2) is 4.34. The van der Waals surface area contributed by atoms with Crippen LogP contribution in [-0.4, -0.2) is 39.5 Å². The molecule has 1 saturated heterocycles. The highest BCUT2D eigenvalue weighted by Gasteiger charge is 2.32. The summed E-state index contributed by atoms with van der Waals surface area (Å²) in [4.78, 5) is 0. The lowest BCUT2D eigenvalue weighted by atomic mass is 10.3. The van der Waals surface area contributed by atoms with Crippen LogP contribution in [-0.2, 0) is 20.2 Å². The monoisotopic (exact) mass is 257 g/mol. The van der Waals surface area contributed by atoms with Crippen molar-refractivity contribution in [2.45, 2.75) is 24.5 Å². The molecule has 0 aromatic rings. The maximum atomic E-state index is 10.3. The van der Waals surface area contributed by atoms with Crippen molar-refractivity contribution < 1.29 is 16.8 Å². The maximum absolute atomic E-state index is 10.3. The first-order valence-electron chi connectivity index (χ1n) is 4.51. The maximum Gasteiger partial charge on any atom is 0.276 e. The molecule has 1 aliphatic carbocycles. The number of hydrogen-bond donors (Lipinski definition) is 2. The summed E-state index contributed by atoms with van der Waals surface area (Å²) in [5.74, 6) is 0. The third-order valence-corrected chi connectivity index (χ3v) is 4.65. The zero-order valence-corrected chi connectivity index (χ0v) is 9.80. The molecule has 0 aromatic heterocycles. The quantitative estimate of drug-likeness (QED) is 0.614. The first-order valence-corrected chi connectivity index (χ1v) is 7.62. The molecule has 1 aliphatic heterocycles. The van der Waals surface area contributed by atoms with Gasteiger partial charge in [0, 0.05) is 13.1 Å². The Morgan fingerprint density at radius 1 is 1.00 bits per heavy atom. The number of nitrogens with two attached hydrogens (primary N) is 2. The van der Waals surface area contributed by atoms with Gasteiger partial charge in [-0.2, -0.15) is 12.7 Å². The number of sulfonamides is 1. The molecule has 0 aromatic carbocycles. The van der Waals surface area contributed by atoms with E-state index in [1.165, 1.54) is 4.31 Å². The Labute approximate surface area is 89.7 Å². The lowest BCUT2D eigenvalue weighted by molar-refractivity contribution is 0.310. The van der Waals surface area contributed by atoms with E-state index in [0.717, 1.165) is 19.3 Å². The fraction of sp³-hybridized carbons (Fsp3) is 1.00. The number of primary sulfonamides is 1. The zero-order chi connectivity index (χ0) is 11.7. The van der Waals surface area contributed by atoms with Crippen molar-refractivity contribution in [1.82, 2.24) is 4.31 Å².